The molecule has 4 aromatic rings. The van der Waals surface area contributed by atoms with Crippen LogP contribution in [0.3, 0.4) is 0 Å². The first-order valence-corrected chi connectivity index (χ1v) is 10.9. The molecule has 1 unspecified atom stereocenters. The minimum Gasteiger partial charge on any atom is -0.404 e. The molecule has 34 heavy (non-hydrogen) atoms. The summed E-state index contributed by atoms with van der Waals surface area (Å²) in [5.74, 6) is -0.979. The second-order valence-corrected chi connectivity index (χ2v) is 8.84. The molecule has 0 fully saturated rings. The predicted octanol–water partition coefficient (Wildman–Crippen LogP) is 4.66. The topological polar surface area (TPSA) is 109 Å². The number of hydrogen-bond acceptors (Lipinski definition) is 7. The molecular weight excluding hydrogens is 444 g/mol. The maximum Gasteiger partial charge on any atom is 0.297 e. The van der Waals surface area contributed by atoms with Crippen molar-refractivity contribution >= 4 is 17.2 Å². The number of aliphatic hydroxyl groups excluding tert-OH is 1. The standard InChI is InChI=1S/C24H27F2N5O3/c1-13(9-10-33-4)27-23-29-18-8-7-17(28-21(18)34-23)20-19(15-6-5-14(25)11-16(15)26)30-22(31-20)24(2,3)12-32/h5-8,11,13,32H,9-10,12H2,1-4H3,(H,27,29)(H,30,31). The van der Waals surface area contributed by atoms with Crippen LogP contribution in [0.25, 0.3) is 33.9 Å². The van der Waals surface area contributed by atoms with Crippen molar-refractivity contribution < 1.29 is 23.0 Å². The van der Waals surface area contributed by atoms with Crippen molar-refractivity contribution in [2.45, 2.75) is 38.6 Å². The Labute approximate surface area is 195 Å². The molecule has 0 radical (unpaired) electrons. The third-order valence-electron chi connectivity index (χ3n) is 5.56. The third kappa shape index (κ3) is 4.78. The molecular formula is C24H27F2N5O3. The summed E-state index contributed by atoms with van der Waals surface area (Å²) in [5.41, 5.74) is 1.34. The monoisotopic (exact) mass is 471 g/mol. The number of imidazole rings is 1. The number of aromatic nitrogens is 4. The van der Waals surface area contributed by atoms with E-state index in [1.165, 1.54) is 12.1 Å². The van der Waals surface area contributed by atoms with E-state index in [2.05, 4.69) is 25.3 Å². The maximum atomic E-state index is 14.7. The molecule has 8 nitrogen and oxygen atoms in total. The first-order valence-electron chi connectivity index (χ1n) is 10.9. The molecule has 3 aromatic heterocycles. The molecule has 0 spiro atoms. The smallest absolute Gasteiger partial charge is 0.297 e. The first kappa shape index (κ1) is 23.8. The molecule has 0 bridgehead atoms. The van der Waals surface area contributed by atoms with Gasteiger partial charge < -0.3 is 24.6 Å². The van der Waals surface area contributed by atoms with Crippen LogP contribution in [0.15, 0.2) is 34.7 Å². The molecule has 1 atom stereocenters. The number of halogens is 2. The molecule has 4 rings (SSSR count). The summed E-state index contributed by atoms with van der Waals surface area (Å²) in [5, 5.41) is 13.0. The summed E-state index contributed by atoms with van der Waals surface area (Å²) < 4.78 is 39.1. The predicted molar refractivity (Wildman–Crippen MR) is 124 cm³/mol. The van der Waals surface area contributed by atoms with Crippen LogP contribution >= 0.6 is 0 Å². The number of ether oxygens (including phenoxy) is 1. The SMILES string of the molecule is COCCC(C)Nc1nc2ccc(-c3nc(C(C)(C)CO)[nH]c3-c3ccc(F)cc3F)nc2o1. The van der Waals surface area contributed by atoms with Gasteiger partial charge in [0.05, 0.1) is 18.0 Å². The van der Waals surface area contributed by atoms with Gasteiger partial charge in [-0.3, -0.25) is 0 Å². The average molecular weight is 472 g/mol. The van der Waals surface area contributed by atoms with Crippen LogP contribution in [0.4, 0.5) is 14.8 Å². The summed E-state index contributed by atoms with van der Waals surface area (Å²) in [6, 6.07) is 7.19. The van der Waals surface area contributed by atoms with Crippen molar-refractivity contribution in [1.29, 1.82) is 0 Å². The van der Waals surface area contributed by atoms with Crippen LogP contribution in [0.5, 0.6) is 0 Å². The van der Waals surface area contributed by atoms with Crippen LogP contribution in [0, 0.1) is 11.6 Å². The molecule has 0 aliphatic heterocycles. The van der Waals surface area contributed by atoms with Gasteiger partial charge in [0, 0.05) is 36.8 Å². The molecule has 3 N–H and O–H groups in total. The van der Waals surface area contributed by atoms with Gasteiger partial charge in [-0.2, -0.15) is 4.98 Å². The fourth-order valence-electron chi connectivity index (χ4n) is 3.43. The molecule has 0 saturated heterocycles. The van der Waals surface area contributed by atoms with Gasteiger partial charge in [0.2, 0.25) is 5.71 Å². The first-order chi connectivity index (χ1) is 16.2. The number of hydrogen-bond donors (Lipinski definition) is 3. The molecule has 10 heteroatoms. The lowest BCUT2D eigenvalue weighted by molar-refractivity contribution is 0.191. The lowest BCUT2D eigenvalue weighted by atomic mass is 9.94. The Balaban J connectivity index is 1.77. The van der Waals surface area contributed by atoms with Gasteiger partial charge in [0.25, 0.3) is 6.01 Å². The Morgan fingerprint density at radius 3 is 2.68 bits per heavy atom. The van der Waals surface area contributed by atoms with Gasteiger partial charge in [-0.15, -0.1) is 0 Å². The Hall–Kier alpha value is -3.37. The quantitative estimate of drug-likeness (QED) is 0.326. The Kier molecular flexibility index (Phi) is 6.63. The van der Waals surface area contributed by atoms with Gasteiger partial charge in [0.15, 0.2) is 0 Å². The zero-order valence-corrected chi connectivity index (χ0v) is 19.4. The zero-order valence-electron chi connectivity index (χ0n) is 19.4. The summed E-state index contributed by atoms with van der Waals surface area (Å²) >= 11 is 0. The molecule has 0 saturated carbocycles. The Bertz CT molecular complexity index is 1300. The lowest BCUT2D eigenvalue weighted by Gasteiger charge is -2.18. The van der Waals surface area contributed by atoms with Crippen LogP contribution in [-0.2, 0) is 10.2 Å². The van der Waals surface area contributed by atoms with Crippen molar-refractivity contribution in [3.63, 3.8) is 0 Å². The van der Waals surface area contributed by atoms with Crippen molar-refractivity contribution in [3.8, 4) is 22.6 Å². The van der Waals surface area contributed by atoms with E-state index in [4.69, 9.17) is 9.15 Å². The van der Waals surface area contributed by atoms with Crippen molar-refractivity contribution in [2.75, 3.05) is 25.6 Å². The number of pyridine rings is 1. The number of rotatable bonds is 9. The summed E-state index contributed by atoms with van der Waals surface area (Å²) in [6.07, 6.45) is 0.775. The van der Waals surface area contributed by atoms with Crippen LogP contribution in [0.1, 0.15) is 33.0 Å². The van der Waals surface area contributed by atoms with Gasteiger partial charge in [0.1, 0.15) is 28.7 Å². The highest BCUT2D eigenvalue weighted by molar-refractivity contribution is 5.81. The molecule has 180 valence electrons. The number of aromatic amines is 1. The normalized spacial score (nSPS) is 12.9. The number of benzene rings is 1. The van der Waals surface area contributed by atoms with Crippen molar-refractivity contribution in [1.82, 2.24) is 19.9 Å². The molecule has 0 aliphatic rings. The molecule has 0 aliphatic carbocycles. The minimum atomic E-state index is -0.740. The highest BCUT2D eigenvalue weighted by Crippen LogP contribution is 2.35. The van der Waals surface area contributed by atoms with E-state index in [0.29, 0.717) is 41.0 Å². The largest absolute Gasteiger partial charge is 0.404 e. The van der Waals surface area contributed by atoms with E-state index in [9.17, 15) is 13.9 Å². The Morgan fingerprint density at radius 1 is 1.18 bits per heavy atom. The number of nitrogens with zero attached hydrogens (tertiary/aromatic N) is 3. The highest BCUT2D eigenvalue weighted by Gasteiger charge is 2.28. The second kappa shape index (κ2) is 9.47. The van der Waals surface area contributed by atoms with E-state index in [1.54, 1.807) is 33.1 Å². The number of nitrogens with one attached hydrogen (secondary N) is 2. The fourth-order valence-corrected chi connectivity index (χ4v) is 3.43. The van der Waals surface area contributed by atoms with Gasteiger partial charge in [-0.25, -0.2) is 18.7 Å². The van der Waals surface area contributed by atoms with Crippen molar-refractivity contribution in [2.24, 2.45) is 0 Å². The second-order valence-electron chi connectivity index (χ2n) is 8.84. The van der Waals surface area contributed by atoms with E-state index < -0.39 is 17.0 Å². The van der Waals surface area contributed by atoms with Crippen LogP contribution in [0.2, 0.25) is 0 Å². The lowest BCUT2D eigenvalue weighted by Crippen LogP contribution is -2.23. The number of aliphatic hydroxyl groups is 1. The highest BCUT2D eigenvalue weighted by atomic mass is 19.1. The number of H-pyrrole nitrogens is 1. The summed E-state index contributed by atoms with van der Waals surface area (Å²) in [7, 11) is 1.64. The van der Waals surface area contributed by atoms with E-state index in [0.717, 1.165) is 12.5 Å². The number of oxazole rings is 1. The summed E-state index contributed by atoms with van der Waals surface area (Å²) in [4.78, 5) is 16.7. The number of anilines is 1. The summed E-state index contributed by atoms with van der Waals surface area (Å²) in [6.45, 7) is 6.01. The molecule has 0 amide bonds. The number of methoxy groups -OCH3 is 1. The van der Waals surface area contributed by atoms with Crippen LogP contribution in [-0.4, -0.2) is 51.4 Å². The van der Waals surface area contributed by atoms with Crippen LogP contribution < -0.4 is 5.32 Å². The van der Waals surface area contributed by atoms with E-state index >= 15 is 0 Å². The fraction of sp³-hybridized carbons (Fsp3) is 0.375. The van der Waals surface area contributed by atoms with E-state index in [-0.39, 0.29) is 23.9 Å². The maximum absolute atomic E-state index is 14.7. The molecule has 1 aromatic carbocycles. The third-order valence-corrected chi connectivity index (χ3v) is 5.56. The van der Waals surface area contributed by atoms with Gasteiger partial charge >= 0.3 is 0 Å². The average Bonchev–Trinajstić information content (AvgIpc) is 3.41. The minimum absolute atomic E-state index is 0.0788. The van der Waals surface area contributed by atoms with Gasteiger partial charge in [-0.05, 0) is 37.6 Å². The zero-order chi connectivity index (χ0) is 24.5. The van der Waals surface area contributed by atoms with E-state index in [1.807, 2.05) is 6.92 Å². The number of fused-ring (bicyclic) bond motifs is 1. The Morgan fingerprint density at radius 2 is 1.97 bits per heavy atom. The van der Waals surface area contributed by atoms with Crippen molar-refractivity contribution in [3.05, 3.63) is 47.8 Å². The molecule has 3 heterocycles. The van der Waals surface area contributed by atoms with Gasteiger partial charge in [-0.1, -0.05) is 13.8 Å².